The number of nitrogens with zero attached hydrogens (tertiary/aromatic N) is 7. The first kappa shape index (κ1) is 23.4. The fourth-order valence-electron chi connectivity index (χ4n) is 4.15. The van der Waals surface area contributed by atoms with Crippen molar-refractivity contribution >= 4 is 11.4 Å². The highest BCUT2D eigenvalue weighted by atomic mass is 16.5. The van der Waals surface area contributed by atoms with E-state index in [1.165, 1.54) is 0 Å². The van der Waals surface area contributed by atoms with Crippen LogP contribution in [0.2, 0.25) is 0 Å². The van der Waals surface area contributed by atoms with E-state index in [1.807, 2.05) is 76.9 Å². The quantitative estimate of drug-likeness (QED) is 0.396. The molecule has 1 aromatic carbocycles. The number of aromatic nitrogens is 7. The second kappa shape index (κ2) is 8.71. The van der Waals surface area contributed by atoms with Crippen molar-refractivity contribution in [2.24, 2.45) is 7.05 Å². The molecule has 0 bridgehead atoms. The van der Waals surface area contributed by atoms with E-state index in [0.29, 0.717) is 5.82 Å². The molecule has 1 unspecified atom stereocenters. The maximum absolute atomic E-state index is 12.7. The van der Waals surface area contributed by atoms with Crippen molar-refractivity contribution < 1.29 is 9.32 Å². The van der Waals surface area contributed by atoms with Crippen LogP contribution in [0.15, 0.2) is 53.7 Å². The van der Waals surface area contributed by atoms with E-state index in [0.717, 1.165) is 39.0 Å². The number of fused-ring (bicyclic) bond motifs is 1. The van der Waals surface area contributed by atoms with E-state index in [-0.39, 0.29) is 17.3 Å². The standard InChI is InChI=1S/C26H28N8O2/c1-15-9-17(22-21-10-18(13-34(21)29-14-27-22)19-11-28-33(6)12-19)7-8-20(15)16(2)30-23(35)24-31-25(32-36-24)26(3,4)5/h7-14,16H,1-6H3,(H,30,35). The Kier molecular flexibility index (Phi) is 5.66. The van der Waals surface area contributed by atoms with Gasteiger partial charge in [-0.2, -0.15) is 15.2 Å². The summed E-state index contributed by atoms with van der Waals surface area (Å²) in [5, 5.41) is 15.5. The van der Waals surface area contributed by atoms with Gasteiger partial charge in [-0.1, -0.05) is 38.1 Å². The molecule has 0 saturated heterocycles. The summed E-state index contributed by atoms with van der Waals surface area (Å²) in [6, 6.07) is 7.89. The van der Waals surface area contributed by atoms with Crippen LogP contribution < -0.4 is 5.32 Å². The number of hydrogen-bond acceptors (Lipinski definition) is 7. The number of aryl methyl sites for hydroxylation is 2. The molecule has 4 aromatic heterocycles. The third kappa shape index (κ3) is 4.37. The summed E-state index contributed by atoms with van der Waals surface area (Å²) in [4.78, 5) is 21.5. The number of rotatable bonds is 5. The van der Waals surface area contributed by atoms with Gasteiger partial charge < -0.3 is 9.84 Å². The monoisotopic (exact) mass is 484 g/mol. The van der Waals surface area contributed by atoms with Crippen molar-refractivity contribution in [3.8, 4) is 22.4 Å². The summed E-state index contributed by atoms with van der Waals surface area (Å²) < 4.78 is 8.78. The van der Waals surface area contributed by atoms with Crippen molar-refractivity contribution in [3.63, 3.8) is 0 Å². The van der Waals surface area contributed by atoms with Crippen LogP contribution in [0.3, 0.4) is 0 Å². The lowest BCUT2D eigenvalue weighted by Gasteiger charge is -2.16. The molecule has 10 heteroatoms. The van der Waals surface area contributed by atoms with Crippen LogP contribution >= 0.6 is 0 Å². The zero-order valence-corrected chi connectivity index (χ0v) is 21.1. The Morgan fingerprint density at radius 2 is 1.89 bits per heavy atom. The minimum absolute atomic E-state index is 0.0397. The number of hydrogen-bond donors (Lipinski definition) is 1. The van der Waals surface area contributed by atoms with Crippen LogP contribution in [0.4, 0.5) is 0 Å². The molecule has 36 heavy (non-hydrogen) atoms. The van der Waals surface area contributed by atoms with Gasteiger partial charge in [-0.15, -0.1) is 0 Å². The van der Waals surface area contributed by atoms with E-state index < -0.39 is 5.91 Å². The number of carbonyl (C=O) groups is 1. The van der Waals surface area contributed by atoms with Crippen molar-refractivity contribution in [1.82, 2.24) is 39.8 Å². The molecule has 0 saturated carbocycles. The highest BCUT2D eigenvalue weighted by Crippen LogP contribution is 2.30. The van der Waals surface area contributed by atoms with Gasteiger partial charge in [-0.3, -0.25) is 9.48 Å². The molecule has 10 nitrogen and oxygen atoms in total. The molecule has 0 aliphatic carbocycles. The molecule has 1 amide bonds. The molecule has 0 aliphatic rings. The fourth-order valence-corrected chi connectivity index (χ4v) is 4.15. The fraction of sp³-hybridized carbons (Fsp3) is 0.308. The Morgan fingerprint density at radius 1 is 1.08 bits per heavy atom. The summed E-state index contributed by atoms with van der Waals surface area (Å²) in [5.41, 5.74) is 6.43. The lowest BCUT2D eigenvalue weighted by Crippen LogP contribution is -2.27. The van der Waals surface area contributed by atoms with Crippen molar-refractivity contribution in [2.45, 2.75) is 46.1 Å². The van der Waals surface area contributed by atoms with Gasteiger partial charge in [0.15, 0.2) is 5.82 Å². The van der Waals surface area contributed by atoms with Crippen LogP contribution in [0.5, 0.6) is 0 Å². The van der Waals surface area contributed by atoms with Crippen molar-refractivity contribution in [1.29, 1.82) is 0 Å². The Bertz CT molecular complexity index is 1570. The number of carbonyl (C=O) groups excluding carboxylic acids is 1. The number of benzene rings is 1. The molecule has 4 heterocycles. The van der Waals surface area contributed by atoms with Gasteiger partial charge in [0.1, 0.15) is 6.33 Å². The predicted octanol–water partition coefficient (Wildman–Crippen LogP) is 4.28. The predicted molar refractivity (Wildman–Crippen MR) is 134 cm³/mol. The highest BCUT2D eigenvalue weighted by Gasteiger charge is 2.25. The molecule has 1 atom stereocenters. The summed E-state index contributed by atoms with van der Waals surface area (Å²) in [6.45, 7) is 9.84. The Hall–Kier alpha value is -4.34. The average molecular weight is 485 g/mol. The number of amides is 1. The van der Waals surface area contributed by atoms with Gasteiger partial charge in [-0.25, -0.2) is 9.50 Å². The van der Waals surface area contributed by atoms with Crippen LogP contribution in [0.25, 0.3) is 27.9 Å². The SMILES string of the molecule is Cc1cc(-c2ncnn3cc(-c4cnn(C)c4)cc23)ccc1C(C)NC(=O)c1nc(C(C)(C)C)no1. The smallest absolute Gasteiger partial charge is 0.315 e. The van der Waals surface area contributed by atoms with E-state index in [9.17, 15) is 4.79 Å². The first-order valence-corrected chi connectivity index (χ1v) is 11.7. The topological polar surface area (TPSA) is 116 Å². The summed E-state index contributed by atoms with van der Waals surface area (Å²) >= 11 is 0. The Balaban J connectivity index is 1.39. The summed E-state index contributed by atoms with van der Waals surface area (Å²) in [7, 11) is 1.89. The van der Waals surface area contributed by atoms with Gasteiger partial charge in [0.25, 0.3) is 0 Å². The molecule has 0 spiro atoms. The molecule has 0 aliphatic heterocycles. The first-order valence-electron chi connectivity index (χ1n) is 11.7. The van der Waals surface area contributed by atoms with Crippen LogP contribution in [0, 0.1) is 6.92 Å². The number of nitrogens with one attached hydrogen (secondary N) is 1. The third-order valence-electron chi connectivity index (χ3n) is 6.09. The first-order chi connectivity index (χ1) is 17.1. The second-order valence-corrected chi connectivity index (χ2v) is 10.0. The van der Waals surface area contributed by atoms with E-state index in [1.54, 1.807) is 11.0 Å². The molecule has 1 N–H and O–H groups in total. The Morgan fingerprint density at radius 3 is 2.56 bits per heavy atom. The molecular formula is C26H28N8O2. The zero-order valence-electron chi connectivity index (χ0n) is 21.1. The maximum atomic E-state index is 12.7. The van der Waals surface area contributed by atoms with Crippen LogP contribution in [-0.2, 0) is 12.5 Å². The minimum Gasteiger partial charge on any atom is -0.341 e. The van der Waals surface area contributed by atoms with E-state index in [4.69, 9.17) is 4.52 Å². The zero-order chi connectivity index (χ0) is 25.6. The normalized spacial score (nSPS) is 12.7. The average Bonchev–Trinajstić information content (AvgIpc) is 3.57. The molecular weight excluding hydrogens is 456 g/mol. The van der Waals surface area contributed by atoms with Gasteiger partial charge >= 0.3 is 11.8 Å². The lowest BCUT2D eigenvalue weighted by atomic mass is 9.96. The molecule has 5 aromatic rings. The minimum atomic E-state index is -0.400. The lowest BCUT2D eigenvalue weighted by molar-refractivity contribution is 0.0895. The molecule has 0 fully saturated rings. The molecule has 0 radical (unpaired) electrons. The van der Waals surface area contributed by atoms with Gasteiger partial charge in [0.2, 0.25) is 0 Å². The summed E-state index contributed by atoms with van der Waals surface area (Å²) in [6.07, 6.45) is 7.32. The van der Waals surface area contributed by atoms with Crippen LogP contribution in [-0.4, -0.2) is 40.4 Å². The highest BCUT2D eigenvalue weighted by molar-refractivity contribution is 5.89. The Labute approximate surface area is 208 Å². The molecule has 184 valence electrons. The molecule has 5 rings (SSSR count). The van der Waals surface area contributed by atoms with Crippen LogP contribution in [0.1, 0.15) is 61.4 Å². The van der Waals surface area contributed by atoms with Crippen molar-refractivity contribution in [3.05, 3.63) is 72.0 Å². The summed E-state index contributed by atoms with van der Waals surface area (Å²) in [5.74, 6) is 0.0544. The van der Waals surface area contributed by atoms with E-state index >= 15 is 0 Å². The maximum Gasteiger partial charge on any atom is 0.315 e. The van der Waals surface area contributed by atoms with E-state index in [2.05, 4.69) is 42.8 Å². The van der Waals surface area contributed by atoms with Gasteiger partial charge in [0.05, 0.1) is 23.4 Å². The van der Waals surface area contributed by atoms with Gasteiger partial charge in [-0.05, 0) is 37.1 Å². The largest absolute Gasteiger partial charge is 0.341 e. The third-order valence-corrected chi connectivity index (χ3v) is 6.09. The van der Waals surface area contributed by atoms with Gasteiger partial charge in [0, 0.05) is 41.5 Å². The second-order valence-electron chi connectivity index (χ2n) is 10.0. The van der Waals surface area contributed by atoms with Crippen molar-refractivity contribution in [2.75, 3.05) is 0 Å².